The van der Waals surface area contributed by atoms with Crippen LogP contribution in [-0.2, 0) is 17.8 Å². The van der Waals surface area contributed by atoms with E-state index in [0.717, 1.165) is 33.4 Å². The molecule has 0 aromatic carbocycles. The summed E-state index contributed by atoms with van der Waals surface area (Å²) in [5.41, 5.74) is 4.51. The number of nitrogens with one attached hydrogen (secondary N) is 1. The zero-order valence-electron chi connectivity index (χ0n) is 14.9. The monoisotopic (exact) mass is 389 g/mol. The maximum atomic E-state index is 12.2. The molecule has 3 aromatic rings. The fraction of sp³-hybridized carbons (Fsp3) is 0.333. The smallest absolute Gasteiger partial charge is 0.220 e. The molecule has 0 saturated heterocycles. The fourth-order valence-electron chi connectivity index (χ4n) is 2.78. The van der Waals surface area contributed by atoms with Gasteiger partial charge in [0.05, 0.1) is 17.3 Å². The van der Waals surface area contributed by atoms with Crippen molar-refractivity contribution < 1.29 is 4.79 Å². The molecule has 0 saturated carbocycles. The van der Waals surface area contributed by atoms with Crippen LogP contribution in [0.2, 0.25) is 5.02 Å². The van der Waals surface area contributed by atoms with Crippen molar-refractivity contribution in [2.45, 2.75) is 38.4 Å². The lowest BCUT2D eigenvalue weighted by molar-refractivity contribution is -0.121. The molecule has 0 atom stereocenters. The highest BCUT2D eigenvalue weighted by atomic mass is 35.5. The minimum absolute atomic E-state index is 0.0205. The summed E-state index contributed by atoms with van der Waals surface area (Å²) in [6.45, 7) is 4.31. The van der Waals surface area contributed by atoms with Gasteiger partial charge in [0.1, 0.15) is 5.65 Å². The molecular weight excluding hydrogens is 370 g/mol. The highest BCUT2D eigenvalue weighted by Gasteiger charge is 2.11. The number of thioether (sulfide) groups is 1. The lowest BCUT2D eigenvalue weighted by Crippen LogP contribution is -2.23. The van der Waals surface area contributed by atoms with Crippen LogP contribution in [0.1, 0.15) is 29.1 Å². The third kappa shape index (κ3) is 4.34. The van der Waals surface area contributed by atoms with Crippen LogP contribution in [0.25, 0.3) is 5.65 Å². The second-order valence-corrected chi connectivity index (χ2v) is 7.19. The Labute approximate surface area is 161 Å². The highest BCUT2D eigenvalue weighted by molar-refractivity contribution is 7.98. The number of rotatable bonds is 6. The molecule has 6 nitrogen and oxygen atoms in total. The maximum Gasteiger partial charge on any atom is 0.220 e. The summed E-state index contributed by atoms with van der Waals surface area (Å²) in [5.74, 6) is -0.0205. The van der Waals surface area contributed by atoms with Crippen LogP contribution in [0.4, 0.5) is 0 Å². The van der Waals surface area contributed by atoms with E-state index in [-0.39, 0.29) is 5.91 Å². The van der Waals surface area contributed by atoms with Gasteiger partial charge in [-0.15, -0.1) is 0 Å². The number of aromatic nitrogens is 4. The number of imidazole rings is 1. The molecule has 0 radical (unpaired) electrons. The van der Waals surface area contributed by atoms with E-state index in [9.17, 15) is 4.79 Å². The largest absolute Gasteiger partial charge is 0.350 e. The zero-order valence-corrected chi connectivity index (χ0v) is 16.5. The molecule has 136 valence electrons. The summed E-state index contributed by atoms with van der Waals surface area (Å²) in [7, 11) is 0. The van der Waals surface area contributed by atoms with Crippen LogP contribution in [0.5, 0.6) is 0 Å². The van der Waals surface area contributed by atoms with Crippen molar-refractivity contribution in [1.29, 1.82) is 0 Å². The van der Waals surface area contributed by atoms with Crippen LogP contribution < -0.4 is 5.32 Å². The van der Waals surface area contributed by atoms with E-state index in [1.807, 2.05) is 36.8 Å². The summed E-state index contributed by atoms with van der Waals surface area (Å²) in [5, 5.41) is 4.32. The van der Waals surface area contributed by atoms with E-state index in [1.165, 1.54) is 11.8 Å². The molecule has 0 aliphatic rings. The number of amides is 1. The van der Waals surface area contributed by atoms with Crippen molar-refractivity contribution >= 4 is 34.9 Å². The standard InChI is InChI=1S/C18H20ClN5OS/c1-11-15(12(2)22-18(21-11)26-3)5-7-17(25)20-8-14-10-24-9-13(19)4-6-16(24)23-14/h4,6,9-10H,5,7-8H2,1-3H3,(H,20,25). The van der Waals surface area contributed by atoms with Gasteiger partial charge >= 0.3 is 0 Å². The first-order valence-corrected chi connectivity index (χ1v) is 9.84. The Hall–Kier alpha value is -2.12. The minimum atomic E-state index is -0.0205. The molecule has 0 aliphatic carbocycles. The third-order valence-electron chi connectivity index (χ3n) is 4.12. The maximum absolute atomic E-state index is 12.2. The van der Waals surface area contributed by atoms with Crippen molar-refractivity contribution in [1.82, 2.24) is 24.7 Å². The average molecular weight is 390 g/mol. The fourth-order valence-corrected chi connectivity index (χ4v) is 3.40. The van der Waals surface area contributed by atoms with E-state index in [0.29, 0.717) is 24.4 Å². The summed E-state index contributed by atoms with van der Waals surface area (Å²) < 4.78 is 1.85. The van der Waals surface area contributed by atoms with Gasteiger partial charge < -0.3 is 9.72 Å². The number of hydrogen-bond acceptors (Lipinski definition) is 5. The SMILES string of the molecule is CSc1nc(C)c(CCC(=O)NCc2cn3cc(Cl)ccc3n2)c(C)n1. The molecule has 3 aromatic heterocycles. The van der Waals surface area contributed by atoms with Gasteiger partial charge in [-0.3, -0.25) is 4.79 Å². The van der Waals surface area contributed by atoms with Gasteiger partial charge in [0.25, 0.3) is 0 Å². The zero-order chi connectivity index (χ0) is 18.7. The van der Waals surface area contributed by atoms with Crippen LogP contribution in [0.15, 0.2) is 29.7 Å². The first-order chi connectivity index (χ1) is 12.5. The number of fused-ring (bicyclic) bond motifs is 1. The van der Waals surface area contributed by atoms with Crippen LogP contribution in [-0.4, -0.2) is 31.5 Å². The molecule has 0 aliphatic heterocycles. The van der Waals surface area contributed by atoms with Crippen LogP contribution in [0, 0.1) is 13.8 Å². The van der Waals surface area contributed by atoms with Gasteiger partial charge in [-0.05, 0) is 44.2 Å². The Bertz CT molecular complexity index is 933. The highest BCUT2D eigenvalue weighted by Crippen LogP contribution is 2.17. The Morgan fingerprint density at radius 1 is 1.19 bits per heavy atom. The number of hydrogen-bond donors (Lipinski definition) is 1. The van der Waals surface area contributed by atoms with Crippen molar-refractivity contribution in [2.24, 2.45) is 0 Å². The number of carbonyl (C=O) groups is 1. The molecule has 0 fully saturated rings. The first-order valence-electron chi connectivity index (χ1n) is 8.24. The number of carbonyl (C=O) groups excluding carboxylic acids is 1. The topological polar surface area (TPSA) is 72.2 Å². The van der Waals surface area contributed by atoms with Gasteiger partial charge in [0.2, 0.25) is 5.91 Å². The predicted molar refractivity (Wildman–Crippen MR) is 104 cm³/mol. The Kier molecular flexibility index (Phi) is 5.78. The van der Waals surface area contributed by atoms with Crippen LogP contribution >= 0.6 is 23.4 Å². The molecule has 1 amide bonds. The van der Waals surface area contributed by atoms with E-state index in [4.69, 9.17) is 11.6 Å². The van der Waals surface area contributed by atoms with Gasteiger partial charge in [0, 0.05) is 30.2 Å². The lowest BCUT2D eigenvalue weighted by atomic mass is 10.1. The molecular formula is C18H20ClN5OS. The van der Waals surface area contributed by atoms with Gasteiger partial charge in [0.15, 0.2) is 5.16 Å². The van der Waals surface area contributed by atoms with E-state index < -0.39 is 0 Å². The first kappa shape index (κ1) is 18.7. The molecule has 8 heteroatoms. The van der Waals surface area contributed by atoms with E-state index in [2.05, 4.69) is 20.3 Å². The molecule has 3 rings (SSSR count). The second-order valence-electron chi connectivity index (χ2n) is 5.98. The number of halogens is 1. The Morgan fingerprint density at radius 3 is 2.62 bits per heavy atom. The van der Waals surface area contributed by atoms with Crippen molar-refractivity contribution in [3.05, 3.63) is 52.2 Å². The van der Waals surface area contributed by atoms with Crippen molar-refractivity contribution in [3.8, 4) is 0 Å². The van der Waals surface area contributed by atoms with E-state index >= 15 is 0 Å². The van der Waals surface area contributed by atoms with Gasteiger partial charge in [-0.25, -0.2) is 15.0 Å². The van der Waals surface area contributed by atoms with Gasteiger partial charge in [-0.2, -0.15) is 0 Å². The lowest BCUT2D eigenvalue weighted by Gasteiger charge is -2.10. The minimum Gasteiger partial charge on any atom is -0.350 e. The molecule has 0 spiro atoms. The third-order valence-corrected chi connectivity index (χ3v) is 4.89. The second kappa shape index (κ2) is 8.05. The summed E-state index contributed by atoms with van der Waals surface area (Å²) in [6, 6.07) is 3.64. The number of aryl methyl sites for hydroxylation is 2. The van der Waals surface area contributed by atoms with Crippen molar-refractivity contribution in [3.63, 3.8) is 0 Å². The Morgan fingerprint density at radius 2 is 1.92 bits per heavy atom. The molecule has 0 unspecified atom stereocenters. The normalized spacial score (nSPS) is 11.1. The molecule has 0 bridgehead atoms. The molecule has 1 N–H and O–H groups in total. The van der Waals surface area contributed by atoms with Crippen LogP contribution in [0.3, 0.4) is 0 Å². The van der Waals surface area contributed by atoms with E-state index in [1.54, 1.807) is 12.3 Å². The van der Waals surface area contributed by atoms with Crippen molar-refractivity contribution in [2.75, 3.05) is 6.26 Å². The summed E-state index contributed by atoms with van der Waals surface area (Å²) >= 11 is 7.49. The molecule has 26 heavy (non-hydrogen) atoms. The predicted octanol–water partition coefficient (Wildman–Crippen LogP) is 3.37. The van der Waals surface area contributed by atoms with Gasteiger partial charge in [-0.1, -0.05) is 23.4 Å². The summed E-state index contributed by atoms with van der Waals surface area (Å²) in [6.07, 6.45) is 6.63. The number of pyridine rings is 1. The quantitative estimate of drug-likeness (QED) is 0.517. The number of nitrogens with zero attached hydrogens (tertiary/aromatic N) is 4. The summed E-state index contributed by atoms with van der Waals surface area (Å²) in [4.78, 5) is 25.6. The average Bonchev–Trinajstić information content (AvgIpc) is 3.01. The molecule has 3 heterocycles. The Balaban J connectivity index is 1.57.